The van der Waals surface area contributed by atoms with Crippen molar-refractivity contribution < 1.29 is 14.3 Å². The lowest BCUT2D eigenvalue weighted by molar-refractivity contribution is -0.136. The molecule has 114 valence electrons. The third kappa shape index (κ3) is 3.87. The molecule has 2 aliphatic heterocycles. The summed E-state index contributed by atoms with van der Waals surface area (Å²) in [4.78, 5) is 27.7. The Morgan fingerprint density at radius 1 is 1.15 bits per heavy atom. The van der Waals surface area contributed by atoms with Crippen LogP contribution in [0.5, 0.6) is 0 Å². The molecule has 0 aromatic carbocycles. The van der Waals surface area contributed by atoms with E-state index in [0.29, 0.717) is 25.6 Å². The summed E-state index contributed by atoms with van der Waals surface area (Å²) in [5.41, 5.74) is -0.448. The molecule has 0 spiro atoms. The van der Waals surface area contributed by atoms with Crippen molar-refractivity contribution in [2.45, 2.75) is 64.5 Å². The molecule has 0 bridgehead atoms. The van der Waals surface area contributed by atoms with Crippen molar-refractivity contribution in [1.29, 1.82) is 0 Å². The molecule has 2 rings (SSSR count). The largest absolute Gasteiger partial charge is 0.444 e. The smallest absolute Gasteiger partial charge is 0.410 e. The predicted octanol–water partition coefficient (Wildman–Crippen LogP) is 2.40. The second-order valence-corrected chi connectivity index (χ2v) is 6.74. The Morgan fingerprint density at radius 2 is 1.80 bits per heavy atom. The second kappa shape index (κ2) is 6.02. The zero-order valence-electron chi connectivity index (χ0n) is 12.9. The average molecular weight is 282 g/mol. The van der Waals surface area contributed by atoms with E-state index in [9.17, 15) is 9.59 Å². The summed E-state index contributed by atoms with van der Waals surface area (Å²) >= 11 is 0. The van der Waals surface area contributed by atoms with Crippen LogP contribution in [0.3, 0.4) is 0 Å². The Hall–Kier alpha value is -1.26. The van der Waals surface area contributed by atoms with Gasteiger partial charge in [0.05, 0.1) is 0 Å². The van der Waals surface area contributed by atoms with E-state index in [2.05, 4.69) is 0 Å². The van der Waals surface area contributed by atoms with Gasteiger partial charge in [-0.25, -0.2) is 4.79 Å². The summed E-state index contributed by atoms with van der Waals surface area (Å²) in [6, 6.07) is 0.307. The summed E-state index contributed by atoms with van der Waals surface area (Å²) in [6.07, 6.45) is 4.31. The highest BCUT2D eigenvalue weighted by Gasteiger charge is 2.32. The van der Waals surface area contributed by atoms with Gasteiger partial charge in [-0.05, 0) is 46.5 Å². The van der Waals surface area contributed by atoms with Gasteiger partial charge in [-0.3, -0.25) is 4.79 Å². The van der Waals surface area contributed by atoms with Crippen LogP contribution < -0.4 is 0 Å². The monoisotopic (exact) mass is 282 g/mol. The highest BCUT2D eigenvalue weighted by Crippen LogP contribution is 2.22. The van der Waals surface area contributed by atoms with Gasteiger partial charge in [-0.15, -0.1) is 0 Å². The molecule has 0 N–H and O–H groups in total. The fourth-order valence-corrected chi connectivity index (χ4v) is 2.90. The minimum Gasteiger partial charge on any atom is -0.444 e. The number of likely N-dealkylation sites (tertiary alicyclic amines) is 2. The normalized spacial score (nSPS) is 22.1. The molecule has 2 heterocycles. The van der Waals surface area contributed by atoms with Gasteiger partial charge in [0.15, 0.2) is 0 Å². The average Bonchev–Trinajstić information content (AvgIpc) is 2.37. The lowest BCUT2D eigenvalue weighted by Gasteiger charge is -2.40. The number of rotatable bonds is 1. The number of carbonyl (C=O) groups excluding carboxylic acids is 2. The standard InChI is InChI=1S/C15H26N2O3/c1-15(2,3)20-14(19)16-10-7-12(8-11-16)17-9-5-4-6-13(17)18/h12H,4-11H2,1-3H3. The summed E-state index contributed by atoms with van der Waals surface area (Å²) in [7, 11) is 0. The number of amides is 2. The summed E-state index contributed by atoms with van der Waals surface area (Å²) in [5, 5.41) is 0. The van der Waals surface area contributed by atoms with E-state index >= 15 is 0 Å². The van der Waals surface area contributed by atoms with Crippen LogP contribution in [0.2, 0.25) is 0 Å². The van der Waals surface area contributed by atoms with Crippen LogP contribution in [0, 0.1) is 0 Å². The van der Waals surface area contributed by atoms with Crippen molar-refractivity contribution in [3.05, 3.63) is 0 Å². The minimum absolute atomic E-state index is 0.235. The molecule has 0 saturated carbocycles. The molecule has 0 aromatic heterocycles. The van der Waals surface area contributed by atoms with E-state index in [1.54, 1.807) is 4.90 Å². The van der Waals surface area contributed by atoms with Crippen LogP contribution in [0.1, 0.15) is 52.9 Å². The molecule has 2 saturated heterocycles. The molecular weight excluding hydrogens is 256 g/mol. The molecule has 5 heteroatoms. The van der Waals surface area contributed by atoms with Crippen molar-refractivity contribution in [2.75, 3.05) is 19.6 Å². The summed E-state index contributed by atoms with van der Waals surface area (Å²) in [5.74, 6) is 0.284. The Morgan fingerprint density at radius 3 is 2.35 bits per heavy atom. The van der Waals surface area contributed by atoms with Gasteiger partial charge in [0.25, 0.3) is 0 Å². The van der Waals surface area contributed by atoms with Crippen molar-refractivity contribution in [3.8, 4) is 0 Å². The quantitative estimate of drug-likeness (QED) is 0.742. The van der Waals surface area contributed by atoms with E-state index in [0.717, 1.165) is 32.2 Å². The molecule has 0 radical (unpaired) electrons. The molecule has 2 fully saturated rings. The molecule has 0 aromatic rings. The van der Waals surface area contributed by atoms with Crippen LogP contribution in [0.15, 0.2) is 0 Å². The maximum Gasteiger partial charge on any atom is 0.410 e. The number of nitrogens with zero attached hydrogens (tertiary/aromatic N) is 2. The van der Waals surface area contributed by atoms with Crippen LogP contribution in [-0.4, -0.2) is 53.1 Å². The number of piperidine rings is 2. The lowest BCUT2D eigenvalue weighted by Crippen LogP contribution is -2.50. The molecule has 2 amide bonds. The first-order valence-electron chi connectivity index (χ1n) is 7.64. The first kappa shape index (κ1) is 15.1. The Bertz CT molecular complexity index is 368. The topological polar surface area (TPSA) is 49.9 Å². The molecule has 0 atom stereocenters. The number of hydrogen-bond donors (Lipinski definition) is 0. The summed E-state index contributed by atoms with van der Waals surface area (Å²) < 4.78 is 5.39. The van der Waals surface area contributed by atoms with Crippen molar-refractivity contribution in [3.63, 3.8) is 0 Å². The van der Waals surface area contributed by atoms with Crippen LogP contribution in [0.4, 0.5) is 4.79 Å². The SMILES string of the molecule is CC(C)(C)OC(=O)N1CCC(N2CCCCC2=O)CC1. The van der Waals surface area contributed by atoms with Crippen molar-refractivity contribution >= 4 is 12.0 Å². The third-order valence-corrected chi connectivity index (χ3v) is 3.92. The Kier molecular flexibility index (Phi) is 4.55. The van der Waals surface area contributed by atoms with Gasteiger partial charge in [-0.2, -0.15) is 0 Å². The van der Waals surface area contributed by atoms with Gasteiger partial charge in [0, 0.05) is 32.1 Å². The fourth-order valence-electron chi connectivity index (χ4n) is 2.90. The van der Waals surface area contributed by atoms with Gasteiger partial charge in [0.2, 0.25) is 5.91 Å². The first-order valence-corrected chi connectivity index (χ1v) is 7.64. The molecule has 5 nitrogen and oxygen atoms in total. The molecular formula is C15H26N2O3. The zero-order valence-corrected chi connectivity index (χ0v) is 12.9. The first-order chi connectivity index (χ1) is 9.37. The van der Waals surface area contributed by atoms with Gasteiger partial charge in [-0.1, -0.05) is 0 Å². The molecule has 20 heavy (non-hydrogen) atoms. The Labute approximate surface area is 121 Å². The zero-order chi connectivity index (χ0) is 14.8. The predicted molar refractivity (Wildman–Crippen MR) is 76.4 cm³/mol. The highest BCUT2D eigenvalue weighted by molar-refractivity contribution is 5.77. The lowest BCUT2D eigenvalue weighted by atomic mass is 10.00. The van der Waals surface area contributed by atoms with E-state index in [1.807, 2.05) is 25.7 Å². The third-order valence-electron chi connectivity index (χ3n) is 3.92. The maximum atomic E-state index is 12.0. The maximum absolute atomic E-state index is 12.0. The van der Waals surface area contributed by atoms with E-state index in [1.165, 1.54) is 0 Å². The van der Waals surface area contributed by atoms with E-state index in [-0.39, 0.29) is 12.0 Å². The minimum atomic E-state index is -0.448. The van der Waals surface area contributed by atoms with Crippen molar-refractivity contribution in [1.82, 2.24) is 9.80 Å². The number of hydrogen-bond acceptors (Lipinski definition) is 3. The number of ether oxygens (including phenoxy) is 1. The molecule has 0 aliphatic carbocycles. The van der Waals surface area contributed by atoms with E-state index in [4.69, 9.17) is 4.74 Å². The fraction of sp³-hybridized carbons (Fsp3) is 0.867. The van der Waals surface area contributed by atoms with Gasteiger partial charge in [0.1, 0.15) is 5.60 Å². The highest BCUT2D eigenvalue weighted by atomic mass is 16.6. The van der Waals surface area contributed by atoms with Crippen LogP contribution >= 0.6 is 0 Å². The number of carbonyl (C=O) groups is 2. The van der Waals surface area contributed by atoms with E-state index < -0.39 is 5.60 Å². The van der Waals surface area contributed by atoms with Crippen LogP contribution in [0.25, 0.3) is 0 Å². The van der Waals surface area contributed by atoms with Crippen LogP contribution in [-0.2, 0) is 9.53 Å². The molecule has 0 unspecified atom stereocenters. The Balaban J connectivity index is 1.83. The van der Waals surface area contributed by atoms with Gasteiger partial charge >= 0.3 is 6.09 Å². The molecule has 2 aliphatic rings. The van der Waals surface area contributed by atoms with Gasteiger partial charge < -0.3 is 14.5 Å². The summed E-state index contributed by atoms with van der Waals surface area (Å²) in [6.45, 7) is 7.89. The van der Waals surface area contributed by atoms with Crippen molar-refractivity contribution in [2.24, 2.45) is 0 Å². The second-order valence-electron chi connectivity index (χ2n) is 6.74.